The maximum absolute atomic E-state index is 10.6. The van der Waals surface area contributed by atoms with Gasteiger partial charge in [-0.2, -0.15) is 0 Å². The first-order valence-corrected chi connectivity index (χ1v) is 6.29. The lowest BCUT2D eigenvalue weighted by Crippen LogP contribution is -2.38. The highest BCUT2D eigenvalue weighted by Crippen LogP contribution is 2.10. The molecule has 0 amide bonds. The molecule has 1 aliphatic heterocycles. The summed E-state index contributed by atoms with van der Waals surface area (Å²) < 4.78 is 0. The number of nitrogens with one attached hydrogen (secondary N) is 1. The van der Waals surface area contributed by atoms with Crippen LogP contribution in [-0.2, 0) is 4.79 Å². The molecule has 1 saturated heterocycles. The average molecular weight is 228 g/mol. The molecule has 0 aliphatic carbocycles. The number of rotatable bonds is 5. The van der Waals surface area contributed by atoms with Gasteiger partial charge in [-0.3, -0.25) is 4.79 Å². The molecule has 2 atom stereocenters. The number of carboxylic acids is 1. The maximum atomic E-state index is 10.6. The van der Waals surface area contributed by atoms with E-state index >= 15 is 0 Å². The van der Waals surface area contributed by atoms with Crippen LogP contribution in [0.3, 0.4) is 0 Å². The summed E-state index contributed by atoms with van der Waals surface area (Å²) in [6.07, 6.45) is 2.17. The number of nitrogens with zero attached hydrogens (tertiary/aromatic N) is 1. The Hall–Kier alpha value is -0.610. The summed E-state index contributed by atoms with van der Waals surface area (Å²) in [6.45, 7) is 8.68. The summed E-state index contributed by atoms with van der Waals surface area (Å²) in [4.78, 5) is 13.0. The van der Waals surface area contributed by atoms with Gasteiger partial charge in [0.2, 0.25) is 0 Å². The van der Waals surface area contributed by atoms with Gasteiger partial charge in [-0.25, -0.2) is 0 Å². The molecule has 1 aliphatic rings. The molecule has 0 aromatic carbocycles. The van der Waals surface area contributed by atoms with Crippen LogP contribution in [0.15, 0.2) is 0 Å². The van der Waals surface area contributed by atoms with Gasteiger partial charge in [0.15, 0.2) is 0 Å². The zero-order chi connectivity index (χ0) is 12.0. The largest absolute Gasteiger partial charge is 0.481 e. The van der Waals surface area contributed by atoms with Crippen molar-refractivity contribution in [1.29, 1.82) is 0 Å². The van der Waals surface area contributed by atoms with E-state index in [0.717, 1.165) is 32.6 Å². The van der Waals surface area contributed by atoms with Gasteiger partial charge in [-0.15, -0.1) is 0 Å². The molecule has 1 fully saturated rings. The van der Waals surface area contributed by atoms with Gasteiger partial charge < -0.3 is 15.3 Å². The molecule has 0 spiro atoms. The molecule has 0 aromatic heterocycles. The van der Waals surface area contributed by atoms with Crippen molar-refractivity contribution in [3.8, 4) is 0 Å². The van der Waals surface area contributed by atoms with Crippen LogP contribution >= 0.6 is 0 Å². The molecule has 1 heterocycles. The van der Waals surface area contributed by atoms with Gasteiger partial charge in [0.25, 0.3) is 0 Å². The molecule has 4 nitrogen and oxygen atoms in total. The highest BCUT2D eigenvalue weighted by molar-refractivity contribution is 5.66. The van der Waals surface area contributed by atoms with Crippen molar-refractivity contribution in [2.75, 3.05) is 26.2 Å². The SMILES string of the molecule is CCCN1CC(C)CNC(CCC(=O)O)C1. The van der Waals surface area contributed by atoms with E-state index in [0.29, 0.717) is 12.0 Å². The van der Waals surface area contributed by atoms with E-state index in [1.807, 2.05) is 0 Å². The van der Waals surface area contributed by atoms with Crippen LogP contribution in [0.1, 0.15) is 33.1 Å². The second kappa shape index (κ2) is 6.86. The highest BCUT2D eigenvalue weighted by atomic mass is 16.4. The van der Waals surface area contributed by atoms with Crippen molar-refractivity contribution in [2.24, 2.45) is 5.92 Å². The fourth-order valence-corrected chi connectivity index (χ4v) is 2.31. The Morgan fingerprint density at radius 2 is 2.25 bits per heavy atom. The summed E-state index contributed by atoms with van der Waals surface area (Å²) in [7, 11) is 0. The van der Waals surface area contributed by atoms with Crippen LogP contribution in [0, 0.1) is 5.92 Å². The van der Waals surface area contributed by atoms with Gasteiger partial charge in [-0.05, 0) is 31.8 Å². The topological polar surface area (TPSA) is 52.6 Å². The van der Waals surface area contributed by atoms with Crippen molar-refractivity contribution in [1.82, 2.24) is 10.2 Å². The first-order chi connectivity index (χ1) is 7.61. The van der Waals surface area contributed by atoms with Crippen LogP contribution in [0.2, 0.25) is 0 Å². The van der Waals surface area contributed by atoms with E-state index in [1.165, 1.54) is 6.42 Å². The molecule has 2 N–H and O–H groups in total. The Kier molecular flexibility index (Phi) is 5.77. The normalized spacial score (nSPS) is 27.6. The quantitative estimate of drug-likeness (QED) is 0.741. The number of carboxylic acid groups (broad SMARTS) is 1. The first-order valence-electron chi connectivity index (χ1n) is 6.29. The minimum absolute atomic E-state index is 0.270. The summed E-state index contributed by atoms with van der Waals surface area (Å²) in [5, 5.41) is 12.2. The molecule has 16 heavy (non-hydrogen) atoms. The van der Waals surface area contributed by atoms with E-state index < -0.39 is 5.97 Å². The molecule has 94 valence electrons. The molecular weight excluding hydrogens is 204 g/mol. The molecule has 0 aromatic rings. The number of carbonyl (C=O) groups is 1. The molecule has 0 bridgehead atoms. The van der Waals surface area contributed by atoms with Crippen molar-refractivity contribution >= 4 is 5.97 Å². The highest BCUT2D eigenvalue weighted by Gasteiger charge is 2.21. The van der Waals surface area contributed by atoms with Gasteiger partial charge in [0.1, 0.15) is 0 Å². The molecule has 0 saturated carbocycles. The molecular formula is C12H24N2O2. The third-order valence-electron chi connectivity index (χ3n) is 3.05. The van der Waals surface area contributed by atoms with E-state index in [-0.39, 0.29) is 6.42 Å². The fraction of sp³-hybridized carbons (Fsp3) is 0.917. The first kappa shape index (κ1) is 13.5. The van der Waals surface area contributed by atoms with E-state index in [1.54, 1.807) is 0 Å². The number of hydrogen-bond donors (Lipinski definition) is 2. The van der Waals surface area contributed by atoms with Crippen molar-refractivity contribution in [2.45, 2.75) is 39.2 Å². The van der Waals surface area contributed by atoms with Gasteiger partial charge in [0.05, 0.1) is 0 Å². The molecule has 2 unspecified atom stereocenters. The van der Waals surface area contributed by atoms with Crippen molar-refractivity contribution < 1.29 is 9.90 Å². The van der Waals surface area contributed by atoms with Crippen LogP contribution in [0.25, 0.3) is 0 Å². The minimum atomic E-state index is -0.693. The zero-order valence-corrected chi connectivity index (χ0v) is 10.4. The monoisotopic (exact) mass is 228 g/mol. The Morgan fingerprint density at radius 3 is 2.88 bits per heavy atom. The number of hydrogen-bond acceptors (Lipinski definition) is 3. The second-order valence-electron chi connectivity index (χ2n) is 4.90. The van der Waals surface area contributed by atoms with E-state index in [4.69, 9.17) is 5.11 Å². The lowest BCUT2D eigenvalue weighted by molar-refractivity contribution is -0.137. The second-order valence-corrected chi connectivity index (χ2v) is 4.90. The standard InChI is InChI=1S/C12H24N2O2/c1-3-6-14-8-10(2)7-13-11(9-14)4-5-12(15)16/h10-11,13H,3-9H2,1-2H3,(H,15,16). The molecule has 1 rings (SSSR count). The van der Waals surface area contributed by atoms with Gasteiger partial charge in [-0.1, -0.05) is 13.8 Å². The number of aliphatic carboxylic acids is 1. The predicted octanol–water partition coefficient (Wildman–Crippen LogP) is 1.17. The Labute approximate surface area is 98.0 Å². The smallest absolute Gasteiger partial charge is 0.303 e. The predicted molar refractivity (Wildman–Crippen MR) is 64.6 cm³/mol. The summed E-state index contributed by atoms with van der Waals surface area (Å²) in [6, 6.07) is 0.340. The maximum Gasteiger partial charge on any atom is 0.303 e. The van der Waals surface area contributed by atoms with Crippen molar-refractivity contribution in [3.05, 3.63) is 0 Å². The van der Waals surface area contributed by atoms with E-state index in [2.05, 4.69) is 24.1 Å². The molecule has 4 heteroatoms. The lowest BCUT2D eigenvalue weighted by Gasteiger charge is -2.24. The van der Waals surface area contributed by atoms with Crippen LogP contribution in [0.4, 0.5) is 0 Å². The van der Waals surface area contributed by atoms with Crippen molar-refractivity contribution in [3.63, 3.8) is 0 Å². The minimum Gasteiger partial charge on any atom is -0.481 e. The van der Waals surface area contributed by atoms with Gasteiger partial charge >= 0.3 is 5.97 Å². The van der Waals surface area contributed by atoms with Crippen LogP contribution in [0.5, 0.6) is 0 Å². The summed E-state index contributed by atoms with van der Waals surface area (Å²) in [5.74, 6) is -0.0393. The summed E-state index contributed by atoms with van der Waals surface area (Å²) >= 11 is 0. The average Bonchev–Trinajstić information content (AvgIpc) is 2.38. The third-order valence-corrected chi connectivity index (χ3v) is 3.05. The zero-order valence-electron chi connectivity index (χ0n) is 10.4. The molecule has 0 radical (unpaired) electrons. The Morgan fingerprint density at radius 1 is 1.50 bits per heavy atom. The summed E-state index contributed by atoms with van der Waals surface area (Å²) in [5.41, 5.74) is 0. The third kappa shape index (κ3) is 4.94. The Bertz CT molecular complexity index is 221. The van der Waals surface area contributed by atoms with Crippen LogP contribution in [-0.4, -0.2) is 48.2 Å². The van der Waals surface area contributed by atoms with E-state index in [9.17, 15) is 4.79 Å². The van der Waals surface area contributed by atoms with Gasteiger partial charge in [0, 0.05) is 25.6 Å². The van der Waals surface area contributed by atoms with Crippen LogP contribution < -0.4 is 5.32 Å². The fourth-order valence-electron chi connectivity index (χ4n) is 2.31. The lowest BCUT2D eigenvalue weighted by atomic mass is 10.1. The Balaban J connectivity index is 2.41.